The smallest absolute Gasteiger partial charge is 0.376 e. The summed E-state index contributed by atoms with van der Waals surface area (Å²) in [5.74, 6) is -0.770. The second-order valence-corrected chi connectivity index (χ2v) is 8.31. The highest BCUT2D eigenvalue weighted by Crippen LogP contribution is 2.29. The van der Waals surface area contributed by atoms with Gasteiger partial charge in [-0.1, -0.05) is 24.3 Å². The molecule has 4 rings (SSSR count). The summed E-state index contributed by atoms with van der Waals surface area (Å²) >= 11 is 0. The molecule has 0 aliphatic carbocycles. The lowest BCUT2D eigenvalue weighted by Crippen LogP contribution is -2.46. The zero-order valence-corrected chi connectivity index (χ0v) is 18.8. The lowest BCUT2D eigenvalue weighted by atomic mass is 10.1. The fraction of sp³-hybridized carbons (Fsp3) is 0.333. The maximum Gasteiger partial charge on any atom is 0.416 e. The van der Waals surface area contributed by atoms with Gasteiger partial charge in [-0.05, 0) is 55.2 Å². The maximum atomic E-state index is 13.2. The van der Waals surface area contributed by atoms with Crippen molar-refractivity contribution in [2.45, 2.75) is 38.6 Å². The monoisotopic (exact) mass is 488 g/mol. The Hall–Kier alpha value is -3.73. The van der Waals surface area contributed by atoms with Crippen LogP contribution in [0.25, 0.3) is 5.69 Å². The number of hydrogen-bond acceptors (Lipinski definition) is 5. The fourth-order valence-corrected chi connectivity index (χ4v) is 3.80. The molecule has 1 aromatic heterocycles. The number of amides is 1. The number of carbonyl (C=O) groups excluding carboxylic acids is 1. The molecule has 0 bridgehead atoms. The Morgan fingerprint density at radius 3 is 2.54 bits per heavy atom. The molecular weight excluding hydrogens is 465 g/mol. The van der Waals surface area contributed by atoms with Crippen molar-refractivity contribution in [3.8, 4) is 5.69 Å². The minimum atomic E-state index is -4.52. The largest absolute Gasteiger partial charge is 0.416 e. The highest BCUT2D eigenvalue weighted by atomic mass is 19.4. The molecule has 184 valence electrons. The van der Waals surface area contributed by atoms with E-state index >= 15 is 0 Å². The first-order valence-corrected chi connectivity index (χ1v) is 11.0. The number of aromatic nitrogens is 3. The molecular formula is C24H23F3N4O4. The lowest BCUT2D eigenvalue weighted by molar-refractivity contribution is -0.137. The Labute approximate surface area is 198 Å². The van der Waals surface area contributed by atoms with Crippen LogP contribution in [-0.4, -0.2) is 39.5 Å². The molecule has 2 aromatic carbocycles. The van der Waals surface area contributed by atoms with Gasteiger partial charge in [-0.25, -0.2) is 4.79 Å². The van der Waals surface area contributed by atoms with E-state index < -0.39 is 34.6 Å². The van der Waals surface area contributed by atoms with Crippen LogP contribution < -0.4 is 16.6 Å². The van der Waals surface area contributed by atoms with Crippen molar-refractivity contribution in [2.75, 3.05) is 13.2 Å². The molecule has 35 heavy (non-hydrogen) atoms. The van der Waals surface area contributed by atoms with E-state index in [0.717, 1.165) is 39.8 Å². The third-order valence-corrected chi connectivity index (χ3v) is 5.66. The van der Waals surface area contributed by atoms with Gasteiger partial charge >= 0.3 is 11.9 Å². The molecule has 0 unspecified atom stereocenters. The van der Waals surface area contributed by atoms with E-state index in [0.29, 0.717) is 12.3 Å². The van der Waals surface area contributed by atoms with E-state index in [9.17, 15) is 27.6 Å². The number of alkyl halides is 3. The van der Waals surface area contributed by atoms with Crippen molar-refractivity contribution in [2.24, 2.45) is 0 Å². The number of nitrogens with one attached hydrogen (secondary N) is 1. The van der Waals surface area contributed by atoms with Crippen molar-refractivity contribution < 1.29 is 22.7 Å². The van der Waals surface area contributed by atoms with E-state index in [1.807, 2.05) is 13.0 Å². The summed E-state index contributed by atoms with van der Waals surface area (Å²) in [5.41, 5.74) is -1.68. The first-order chi connectivity index (χ1) is 16.6. The molecule has 3 aromatic rings. The SMILES string of the molecule is Cc1cccc(-n2nc(C(=O)NC[C@@H]3CCCO3)c(=O)n(Cc3ccc(C(F)(F)F)cc3)c2=O)c1. The van der Waals surface area contributed by atoms with E-state index in [-0.39, 0.29) is 24.8 Å². The quantitative estimate of drug-likeness (QED) is 0.576. The molecule has 1 fully saturated rings. The molecule has 11 heteroatoms. The van der Waals surface area contributed by atoms with Gasteiger partial charge < -0.3 is 10.1 Å². The third-order valence-electron chi connectivity index (χ3n) is 5.66. The summed E-state index contributed by atoms with van der Waals surface area (Å²) in [6.07, 6.45) is -3.04. The van der Waals surface area contributed by atoms with Gasteiger partial charge in [0.2, 0.25) is 5.69 Å². The van der Waals surface area contributed by atoms with Crippen LogP contribution >= 0.6 is 0 Å². The summed E-state index contributed by atoms with van der Waals surface area (Å²) in [7, 11) is 0. The summed E-state index contributed by atoms with van der Waals surface area (Å²) < 4.78 is 45.9. The van der Waals surface area contributed by atoms with Crippen LogP contribution in [0.2, 0.25) is 0 Å². The van der Waals surface area contributed by atoms with Gasteiger partial charge in [-0.2, -0.15) is 23.0 Å². The standard InChI is InChI=1S/C24H23F3N4O4/c1-15-4-2-5-18(12-15)31-23(34)30(14-16-7-9-17(10-8-16)24(25,26)27)22(33)20(29-31)21(32)28-13-19-6-3-11-35-19/h2,4-5,7-10,12,19H,3,6,11,13-14H2,1H3,(H,28,32)/t19-/m0/s1. The van der Waals surface area contributed by atoms with Crippen LogP contribution in [0.15, 0.2) is 58.1 Å². The van der Waals surface area contributed by atoms with E-state index in [4.69, 9.17) is 4.74 Å². The Kier molecular flexibility index (Phi) is 6.88. The minimum absolute atomic E-state index is 0.170. The number of aryl methyl sites for hydroxylation is 1. The van der Waals surface area contributed by atoms with Crippen molar-refractivity contribution in [3.63, 3.8) is 0 Å². The minimum Gasteiger partial charge on any atom is -0.376 e. The van der Waals surface area contributed by atoms with Crippen molar-refractivity contribution in [1.29, 1.82) is 0 Å². The number of benzene rings is 2. The first-order valence-electron chi connectivity index (χ1n) is 11.0. The second kappa shape index (κ2) is 9.87. The number of hydrogen-bond donors (Lipinski definition) is 1. The zero-order chi connectivity index (χ0) is 25.2. The fourth-order valence-electron chi connectivity index (χ4n) is 3.80. The van der Waals surface area contributed by atoms with Gasteiger partial charge in [0.05, 0.1) is 23.9 Å². The summed E-state index contributed by atoms with van der Waals surface area (Å²) in [4.78, 5) is 39.2. The van der Waals surface area contributed by atoms with Crippen LogP contribution in [0.1, 0.15) is 40.0 Å². The molecule has 1 N–H and O–H groups in total. The Morgan fingerprint density at radius 2 is 1.91 bits per heavy atom. The van der Waals surface area contributed by atoms with Crippen LogP contribution in [0.3, 0.4) is 0 Å². The van der Waals surface area contributed by atoms with Crippen LogP contribution in [0, 0.1) is 6.92 Å². The average Bonchev–Trinajstić information content (AvgIpc) is 3.34. The van der Waals surface area contributed by atoms with Gasteiger partial charge in [0, 0.05) is 13.2 Å². The van der Waals surface area contributed by atoms with Crippen molar-refractivity contribution >= 4 is 5.91 Å². The third kappa shape index (κ3) is 5.51. The van der Waals surface area contributed by atoms with Crippen LogP contribution in [0.5, 0.6) is 0 Å². The predicted molar refractivity (Wildman–Crippen MR) is 121 cm³/mol. The number of rotatable bonds is 6. The molecule has 8 nitrogen and oxygen atoms in total. The normalized spacial score (nSPS) is 15.8. The first kappa shape index (κ1) is 24.4. The van der Waals surface area contributed by atoms with Gasteiger partial charge in [0.25, 0.3) is 11.5 Å². The zero-order valence-electron chi connectivity index (χ0n) is 18.8. The predicted octanol–water partition coefficient (Wildman–Crippen LogP) is 2.68. The maximum absolute atomic E-state index is 13.2. The molecule has 0 radical (unpaired) electrons. The number of ether oxygens (including phenoxy) is 1. The highest BCUT2D eigenvalue weighted by molar-refractivity contribution is 5.91. The molecule has 1 aliphatic rings. The second-order valence-electron chi connectivity index (χ2n) is 8.31. The van der Waals surface area contributed by atoms with Crippen molar-refractivity contribution in [3.05, 3.63) is 91.8 Å². The number of carbonyl (C=O) groups is 1. The molecule has 1 amide bonds. The summed E-state index contributed by atoms with van der Waals surface area (Å²) in [6, 6.07) is 10.9. The Bertz CT molecular complexity index is 1340. The molecule has 0 saturated carbocycles. The van der Waals surface area contributed by atoms with E-state index in [1.165, 1.54) is 12.1 Å². The topological polar surface area (TPSA) is 95.2 Å². The molecule has 1 atom stereocenters. The number of halogens is 3. The highest BCUT2D eigenvalue weighted by Gasteiger charge is 2.30. The summed E-state index contributed by atoms with van der Waals surface area (Å²) in [5, 5.41) is 6.67. The van der Waals surface area contributed by atoms with Gasteiger partial charge in [0.15, 0.2) is 0 Å². The Balaban J connectivity index is 1.74. The van der Waals surface area contributed by atoms with E-state index in [1.54, 1.807) is 18.2 Å². The molecule has 1 aliphatic heterocycles. The van der Waals surface area contributed by atoms with Gasteiger partial charge in [-0.15, -0.1) is 0 Å². The van der Waals surface area contributed by atoms with Gasteiger partial charge in [-0.3, -0.25) is 14.2 Å². The average molecular weight is 488 g/mol. The van der Waals surface area contributed by atoms with Crippen LogP contribution in [-0.2, 0) is 17.5 Å². The van der Waals surface area contributed by atoms with Crippen molar-refractivity contribution in [1.82, 2.24) is 19.7 Å². The molecule has 2 heterocycles. The lowest BCUT2D eigenvalue weighted by Gasteiger charge is -2.14. The summed E-state index contributed by atoms with van der Waals surface area (Å²) in [6.45, 7) is 2.25. The Morgan fingerprint density at radius 1 is 1.17 bits per heavy atom. The van der Waals surface area contributed by atoms with E-state index in [2.05, 4.69) is 10.4 Å². The number of nitrogens with zero attached hydrogens (tertiary/aromatic N) is 3. The van der Waals surface area contributed by atoms with Gasteiger partial charge in [0.1, 0.15) is 0 Å². The van der Waals surface area contributed by atoms with Crippen LogP contribution in [0.4, 0.5) is 13.2 Å². The molecule has 1 saturated heterocycles. The molecule has 0 spiro atoms.